The summed E-state index contributed by atoms with van der Waals surface area (Å²) in [6.45, 7) is -4.78. The SMILES string of the molecule is O=S(=O)(O)C(F)(F)C(Oc1ccc([S+](c2ccc(OCC(O)(C(F)(F)F)C(F)(F)F)cc2)c2ccc(OCC(O)(C(F)(F)F)C(F)(F)F)cc2)cc1)C(F)(F)F. The molecule has 27 heteroatoms. The highest BCUT2D eigenvalue weighted by atomic mass is 32.2. The third kappa shape index (κ3) is 9.76. The van der Waals surface area contributed by atoms with Crippen LogP contribution in [0.2, 0.25) is 0 Å². The van der Waals surface area contributed by atoms with Crippen LogP contribution in [0.1, 0.15) is 0 Å². The van der Waals surface area contributed by atoms with Gasteiger partial charge in [0.2, 0.25) is 0 Å². The lowest BCUT2D eigenvalue weighted by Gasteiger charge is -2.31. The molecule has 0 aliphatic carbocycles. The Morgan fingerprint density at radius 3 is 1.00 bits per heavy atom. The average molecular weight is 884 g/mol. The van der Waals surface area contributed by atoms with Gasteiger partial charge < -0.3 is 24.4 Å². The van der Waals surface area contributed by atoms with Crippen LogP contribution in [0, 0.1) is 0 Å². The maximum absolute atomic E-state index is 14.0. The first-order valence-corrected chi connectivity index (χ1v) is 16.8. The Kier molecular flexibility index (Phi) is 12.8. The summed E-state index contributed by atoms with van der Waals surface area (Å²) >= 11 is 0. The van der Waals surface area contributed by atoms with Crippen LogP contribution < -0.4 is 14.2 Å². The van der Waals surface area contributed by atoms with Gasteiger partial charge in [0.05, 0.1) is 10.9 Å². The summed E-state index contributed by atoms with van der Waals surface area (Å²) < 4.78 is 268. The summed E-state index contributed by atoms with van der Waals surface area (Å²) in [4.78, 5) is -0.107. The Bertz CT molecular complexity index is 1780. The van der Waals surface area contributed by atoms with Crippen molar-refractivity contribution < 1.29 is 112 Å². The number of alkyl halides is 17. The summed E-state index contributed by atoms with van der Waals surface area (Å²) in [5.74, 6) is -2.51. The lowest BCUT2D eigenvalue weighted by Crippen LogP contribution is -2.60. The van der Waals surface area contributed by atoms with Gasteiger partial charge in [0.15, 0.2) is 14.7 Å². The van der Waals surface area contributed by atoms with E-state index < -0.39 is 105 Å². The van der Waals surface area contributed by atoms with Gasteiger partial charge >= 0.3 is 46.3 Å². The summed E-state index contributed by atoms with van der Waals surface area (Å²) in [7, 11) is -8.40. The predicted molar refractivity (Wildman–Crippen MR) is 154 cm³/mol. The van der Waals surface area contributed by atoms with E-state index in [-0.39, 0.29) is 14.7 Å². The van der Waals surface area contributed by atoms with Crippen molar-refractivity contribution in [3.05, 3.63) is 72.8 Å². The molecule has 0 aromatic heterocycles. The van der Waals surface area contributed by atoms with E-state index in [9.17, 15) is 93.3 Å². The van der Waals surface area contributed by atoms with E-state index in [4.69, 9.17) is 4.55 Å². The summed E-state index contributed by atoms with van der Waals surface area (Å²) in [5, 5.41) is 12.7. The molecule has 0 saturated carbocycles. The smallest absolute Gasteiger partial charge is 0.432 e. The number of halogens is 17. The summed E-state index contributed by atoms with van der Waals surface area (Å²) in [6.07, 6.45) is -35.6. The molecule has 0 radical (unpaired) electrons. The molecular formula is C29H20F17O8S2+. The molecule has 56 heavy (non-hydrogen) atoms. The van der Waals surface area contributed by atoms with Gasteiger partial charge in [-0.05, 0) is 72.8 Å². The Hall–Kier alpha value is -3.95. The number of hydrogen-bond acceptors (Lipinski definition) is 7. The average Bonchev–Trinajstić information content (AvgIpc) is 3.03. The molecule has 0 amide bonds. The third-order valence-electron chi connectivity index (χ3n) is 7.15. The molecule has 0 fully saturated rings. The van der Waals surface area contributed by atoms with Gasteiger partial charge in [0, 0.05) is 0 Å². The molecule has 3 N–H and O–H groups in total. The van der Waals surface area contributed by atoms with E-state index in [0.717, 1.165) is 60.7 Å². The van der Waals surface area contributed by atoms with E-state index in [1.807, 2.05) is 0 Å². The highest BCUT2D eigenvalue weighted by Gasteiger charge is 2.72. The van der Waals surface area contributed by atoms with Crippen molar-refractivity contribution in [1.82, 2.24) is 0 Å². The van der Waals surface area contributed by atoms with E-state index in [1.54, 1.807) is 0 Å². The van der Waals surface area contributed by atoms with Crippen LogP contribution in [0.4, 0.5) is 74.6 Å². The van der Waals surface area contributed by atoms with Crippen LogP contribution in [0.5, 0.6) is 17.2 Å². The van der Waals surface area contributed by atoms with Crippen LogP contribution in [0.15, 0.2) is 87.5 Å². The third-order valence-corrected chi connectivity index (χ3v) is 10.3. The predicted octanol–water partition coefficient (Wildman–Crippen LogP) is 8.04. The normalized spacial score (nSPS) is 14.8. The first-order valence-electron chi connectivity index (χ1n) is 14.2. The Morgan fingerprint density at radius 2 is 0.768 bits per heavy atom. The number of aliphatic hydroxyl groups is 2. The van der Waals surface area contributed by atoms with Crippen molar-refractivity contribution >= 4 is 21.0 Å². The zero-order chi connectivity index (χ0) is 43.1. The van der Waals surface area contributed by atoms with Gasteiger partial charge in [-0.3, -0.25) is 4.55 Å². The molecule has 314 valence electrons. The first-order chi connectivity index (χ1) is 25.1. The molecule has 3 aromatic carbocycles. The summed E-state index contributed by atoms with van der Waals surface area (Å²) in [6, 6.07) is 9.91. The molecule has 0 spiro atoms. The minimum atomic E-state index is -6.71. The van der Waals surface area contributed by atoms with Crippen LogP contribution >= 0.6 is 0 Å². The molecule has 0 bridgehead atoms. The van der Waals surface area contributed by atoms with Crippen LogP contribution in [-0.4, -0.2) is 89.8 Å². The van der Waals surface area contributed by atoms with Gasteiger partial charge in [0.25, 0.3) is 17.3 Å². The molecule has 1 unspecified atom stereocenters. The largest absolute Gasteiger partial charge is 0.490 e. The van der Waals surface area contributed by atoms with Crippen LogP contribution in [0.3, 0.4) is 0 Å². The number of rotatable bonds is 13. The highest BCUT2D eigenvalue weighted by Crippen LogP contribution is 2.45. The minimum absolute atomic E-state index is 0.0174. The number of hydrogen-bond donors (Lipinski definition) is 3. The molecule has 3 rings (SSSR count). The van der Waals surface area contributed by atoms with Crippen LogP contribution in [0.25, 0.3) is 0 Å². The van der Waals surface area contributed by atoms with Crippen molar-refractivity contribution in [2.75, 3.05) is 13.2 Å². The molecule has 0 aliphatic rings. The standard InChI is InChI=1S/C29H19F17O8S2/c30-24(31,32)21(25(33,34)56(49,50)51)54-17-5-11-20(12-6-17)55(18-7-1-15(2-8-18)52-13-22(47,26(35,36)37)27(38,39)40)19-9-3-16(4-10-19)53-14-23(48,28(41,42)43)29(44,45)46/h1-12,21,47-48H,13-14H2/p+1. The zero-order valence-electron chi connectivity index (χ0n) is 26.5. The Labute approximate surface area is 304 Å². The summed E-state index contributed by atoms with van der Waals surface area (Å²) in [5.41, 5.74) is -10.7. The molecule has 8 nitrogen and oxygen atoms in total. The lowest BCUT2D eigenvalue weighted by molar-refractivity contribution is -0.374. The Balaban J connectivity index is 2.04. The highest BCUT2D eigenvalue weighted by molar-refractivity contribution is 7.97. The van der Waals surface area contributed by atoms with Crippen molar-refractivity contribution in [1.29, 1.82) is 0 Å². The molecule has 0 saturated heterocycles. The van der Waals surface area contributed by atoms with Crippen molar-refractivity contribution in [3.8, 4) is 17.2 Å². The monoisotopic (exact) mass is 883 g/mol. The van der Waals surface area contributed by atoms with Gasteiger partial charge in [-0.15, -0.1) is 0 Å². The lowest BCUT2D eigenvalue weighted by atomic mass is 10.0. The topological polar surface area (TPSA) is 123 Å². The van der Waals surface area contributed by atoms with Crippen LogP contribution in [-0.2, 0) is 21.0 Å². The molecule has 1 atom stereocenters. The van der Waals surface area contributed by atoms with E-state index >= 15 is 0 Å². The fraction of sp³-hybridized carbons (Fsp3) is 0.379. The molecule has 0 aliphatic heterocycles. The second-order valence-corrected chi connectivity index (χ2v) is 14.6. The number of ether oxygens (including phenoxy) is 3. The number of benzene rings is 3. The van der Waals surface area contributed by atoms with Gasteiger partial charge in [-0.2, -0.15) is 83.1 Å². The van der Waals surface area contributed by atoms with E-state index in [2.05, 4.69) is 14.2 Å². The van der Waals surface area contributed by atoms with Gasteiger partial charge in [-0.25, -0.2) is 0 Å². The maximum atomic E-state index is 14.0. The van der Waals surface area contributed by atoms with Crippen molar-refractivity contribution in [2.45, 2.75) is 68.1 Å². The molecular weight excluding hydrogens is 863 g/mol. The maximum Gasteiger partial charge on any atom is 0.432 e. The van der Waals surface area contributed by atoms with Crippen molar-refractivity contribution in [2.24, 2.45) is 0 Å². The van der Waals surface area contributed by atoms with Crippen molar-refractivity contribution in [3.63, 3.8) is 0 Å². The second kappa shape index (κ2) is 15.4. The minimum Gasteiger partial charge on any atom is -0.490 e. The van der Waals surface area contributed by atoms with E-state index in [0.29, 0.717) is 12.1 Å². The fourth-order valence-corrected chi connectivity index (χ4v) is 6.52. The molecule has 0 heterocycles. The van der Waals surface area contributed by atoms with Gasteiger partial charge in [-0.1, -0.05) is 0 Å². The fourth-order valence-electron chi connectivity index (χ4n) is 4.03. The van der Waals surface area contributed by atoms with E-state index in [1.165, 1.54) is 0 Å². The Morgan fingerprint density at radius 1 is 0.500 bits per heavy atom. The quantitative estimate of drug-likeness (QED) is 0.0897. The second-order valence-electron chi connectivity index (χ2n) is 11.1. The molecule has 3 aromatic rings. The first kappa shape index (κ1) is 46.4. The zero-order valence-corrected chi connectivity index (χ0v) is 28.2. The van der Waals surface area contributed by atoms with Gasteiger partial charge in [0.1, 0.15) is 30.5 Å².